The maximum Gasteiger partial charge on any atom is 0.355 e. The smallest absolute Gasteiger partial charge is 0.350 e. The third-order valence-corrected chi connectivity index (χ3v) is 3.94. The first-order valence-electron chi connectivity index (χ1n) is 7.83. The fourth-order valence-electron chi connectivity index (χ4n) is 2.39. The lowest BCUT2D eigenvalue weighted by atomic mass is 10.1. The summed E-state index contributed by atoms with van der Waals surface area (Å²) in [6.07, 6.45) is 3.14. The molecule has 0 fully saturated rings. The second-order valence-corrected chi connectivity index (χ2v) is 7.54. The Bertz CT molecular complexity index is 872. The van der Waals surface area contributed by atoms with E-state index in [2.05, 4.69) is 26.3 Å². The zero-order valence-electron chi connectivity index (χ0n) is 14.3. The number of hydrogen-bond acceptors (Lipinski definition) is 4. The van der Waals surface area contributed by atoms with Gasteiger partial charge in [-0.25, -0.2) is 14.2 Å². The Hall–Kier alpha value is -1.90. The first-order valence-corrected chi connectivity index (χ1v) is 8.63. The molecule has 0 aromatic carbocycles. The van der Waals surface area contributed by atoms with E-state index in [0.717, 1.165) is 21.9 Å². The van der Waals surface area contributed by atoms with Crippen molar-refractivity contribution in [3.8, 4) is 0 Å². The topological polar surface area (TPSA) is 90.4 Å². The van der Waals surface area contributed by atoms with Gasteiger partial charge >= 0.3 is 11.4 Å². The number of aromatic nitrogens is 4. The summed E-state index contributed by atoms with van der Waals surface area (Å²) in [7, 11) is 0. The molecule has 132 valence electrons. The Balaban J connectivity index is 2.56. The van der Waals surface area contributed by atoms with Crippen LogP contribution in [-0.2, 0) is 17.9 Å². The predicted molar refractivity (Wildman–Crippen MR) is 94.2 cm³/mol. The molecule has 0 saturated heterocycles. The Morgan fingerprint density at radius 3 is 2.50 bits per heavy atom. The molecule has 0 bridgehead atoms. The van der Waals surface area contributed by atoms with Gasteiger partial charge in [0.15, 0.2) is 5.65 Å². The highest BCUT2D eigenvalue weighted by molar-refractivity contribution is 9.10. The van der Waals surface area contributed by atoms with Crippen molar-refractivity contribution >= 4 is 27.5 Å². The number of unbranched alkanes of at least 4 members (excludes halogenated alkanes) is 1. The zero-order chi connectivity index (χ0) is 18.1. The number of carbonyl (C=O) groups excluding carboxylic acids is 1. The third kappa shape index (κ3) is 3.77. The number of hydrogen-bond donors (Lipinski definition) is 1. The Morgan fingerprint density at radius 1 is 1.25 bits per heavy atom. The van der Waals surface area contributed by atoms with Gasteiger partial charge in [0.2, 0.25) is 5.91 Å². The summed E-state index contributed by atoms with van der Waals surface area (Å²) in [6.45, 7) is 7.63. The van der Waals surface area contributed by atoms with Crippen LogP contribution in [0.2, 0.25) is 0 Å². The van der Waals surface area contributed by atoms with Gasteiger partial charge in [-0.2, -0.15) is 9.61 Å². The lowest BCUT2D eigenvalue weighted by Crippen LogP contribution is -2.49. The van der Waals surface area contributed by atoms with Gasteiger partial charge in [-0.15, -0.1) is 0 Å². The molecular weight excluding hydrogens is 378 g/mol. The molecule has 0 aliphatic rings. The highest BCUT2D eigenvalue weighted by Crippen LogP contribution is 2.15. The fraction of sp³-hybridized carbons (Fsp3) is 0.600. The van der Waals surface area contributed by atoms with Crippen LogP contribution in [0.4, 0.5) is 0 Å². The Labute approximate surface area is 147 Å². The highest BCUT2D eigenvalue weighted by atomic mass is 79.9. The quantitative estimate of drug-likeness (QED) is 0.815. The summed E-state index contributed by atoms with van der Waals surface area (Å²) in [5, 5.41) is 6.77. The number of amides is 1. The van der Waals surface area contributed by atoms with Gasteiger partial charge in [0, 0.05) is 12.1 Å². The van der Waals surface area contributed by atoms with Crippen LogP contribution in [-0.4, -0.2) is 30.2 Å². The van der Waals surface area contributed by atoms with Crippen molar-refractivity contribution in [3.05, 3.63) is 31.6 Å². The van der Waals surface area contributed by atoms with Crippen LogP contribution in [0.25, 0.3) is 5.65 Å². The van der Waals surface area contributed by atoms with E-state index in [4.69, 9.17) is 0 Å². The van der Waals surface area contributed by atoms with E-state index in [1.54, 1.807) is 0 Å². The minimum absolute atomic E-state index is 0.339. The summed E-state index contributed by atoms with van der Waals surface area (Å²) in [4.78, 5) is 37.4. The lowest BCUT2D eigenvalue weighted by Gasteiger charge is -2.21. The van der Waals surface area contributed by atoms with Gasteiger partial charge in [0.05, 0.1) is 10.7 Å². The molecule has 24 heavy (non-hydrogen) atoms. The average molecular weight is 400 g/mol. The molecule has 0 radical (unpaired) electrons. The standard InChI is InChI=1S/C15H22BrN5O3/c1-5-6-7-19-12-10(16)8-17-21(12)14(24)20(13(19)23)9-11(22)18-15(2,3)4/h8H,5-7,9H2,1-4H3,(H,18,22). The average Bonchev–Trinajstić information content (AvgIpc) is 2.84. The van der Waals surface area contributed by atoms with Crippen LogP contribution in [0.3, 0.4) is 0 Å². The molecule has 0 aliphatic heterocycles. The minimum atomic E-state index is -0.627. The van der Waals surface area contributed by atoms with E-state index in [0.29, 0.717) is 16.7 Å². The number of nitrogens with zero attached hydrogens (tertiary/aromatic N) is 4. The van der Waals surface area contributed by atoms with Crippen LogP contribution in [0.5, 0.6) is 0 Å². The second kappa shape index (κ2) is 6.92. The molecule has 0 unspecified atom stereocenters. The highest BCUT2D eigenvalue weighted by Gasteiger charge is 2.20. The summed E-state index contributed by atoms with van der Waals surface area (Å²) < 4.78 is 4.11. The summed E-state index contributed by atoms with van der Waals surface area (Å²) in [5.41, 5.74) is -1.17. The summed E-state index contributed by atoms with van der Waals surface area (Å²) in [5.74, 6) is -0.394. The number of nitrogens with one attached hydrogen (secondary N) is 1. The third-order valence-electron chi connectivity index (χ3n) is 3.38. The number of rotatable bonds is 5. The second-order valence-electron chi connectivity index (χ2n) is 6.68. The maximum absolute atomic E-state index is 12.7. The lowest BCUT2D eigenvalue weighted by molar-refractivity contribution is -0.123. The molecular formula is C15H22BrN5O3. The number of halogens is 1. The van der Waals surface area contributed by atoms with Gasteiger partial charge in [0.25, 0.3) is 0 Å². The van der Waals surface area contributed by atoms with Gasteiger partial charge < -0.3 is 5.32 Å². The van der Waals surface area contributed by atoms with E-state index in [9.17, 15) is 14.4 Å². The zero-order valence-corrected chi connectivity index (χ0v) is 15.9. The van der Waals surface area contributed by atoms with E-state index in [-0.39, 0.29) is 6.54 Å². The van der Waals surface area contributed by atoms with Crippen molar-refractivity contribution in [2.24, 2.45) is 0 Å². The van der Waals surface area contributed by atoms with Crippen molar-refractivity contribution in [1.29, 1.82) is 0 Å². The molecule has 9 heteroatoms. The van der Waals surface area contributed by atoms with E-state index in [1.165, 1.54) is 10.8 Å². The predicted octanol–water partition coefficient (Wildman–Crippen LogP) is 1.13. The number of fused-ring (bicyclic) bond motifs is 1. The van der Waals surface area contributed by atoms with E-state index < -0.39 is 22.8 Å². The SMILES string of the molecule is CCCCn1c(=O)n(CC(=O)NC(C)(C)C)c(=O)n2ncc(Br)c12. The van der Waals surface area contributed by atoms with E-state index >= 15 is 0 Å². The van der Waals surface area contributed by atoms with Crippen molar-refractivity contribution in [2.45, 2.75) is 59.2 Å². The molecule has 2 heterocycles. The monoisotopic (exact) mass is 399 g/mol. The molecule has 2 rings (SSSR count). The largest absolute Gasteiger partial charge is 0.355 e. The van der Waals surface area contributed by atoms with Gasteiger partial charge in [0.1, 0.15) is 6.54 Å². The molecule has 1 amide bonds. The molecule has 1 N–H and O–H groups in total. The molecule has 0 aliphatic carbocycles. The van der Waals surface area contributed by atoms with E-state index in [1.807, 2.05) is 27.7 Å². The van der Waals surface area contributed by atoms with Gasteiger partial charge in [-0.3, -0.25) is 9.36 Å². The van der Waals surface area contributed by atoms with Crippen LogP contribution < -0.4 is 16.7 Å². The molecule has 2 aromatic heterocycles. The van der Waals surface area contributed by atoms with Gasteiger partial charge in [-0.05, 0) is 43.1 Å². The minimum Gasteiger partial charge on any atom is -0.350 e. The normalized spacial score (nSPS) is 11.9. The van der Waals surface area contributed by atoms with Crippen LogP contribution in [0, 0.1) is 0 Å². The van der Waals surface area contributed by atoms with Crippen molar-refractivity contribution in [2.75, 3.05) is 0 Å². The first kappa shape index (κ1) is 18.4. The fourth-order valence-corrected chi connectivity index (χ4v) is 2.87. The molecule has 2 aromatic rings. The number of aryl methyl sites for hydroxylation is 1. The molecule has 0 atom stereocenters. The van der Waals surface area contributed by atoms with Crippen LogP contribution in [0.15, 0.2) is 20.3 Å². The summed E-state index contributed by atoms with van der Waals surface area (Å²) in [6, 6.07) is 0. The van der Waals surface area contributed by atoms with Gasteiger partial charge in [-0.1, -0.05) is 13.3 Å². The molecule has 0 saturated carbocycles. The summed E-state index contributed by atoms with van der Waals surface area (Å²) >= 11 is 3.32. The molecule has 0 spiro atoms. The Kier molecular flexibility index (Phi) is 5.32. The maximum atomic E-state index is 12.7. The van der Waals surface area contributed by atoms with Crippen LogP contribution in [0.1, 0.15) is 40.5 Å². The van der Waals surface area contributed by atoms with Crippen molar-refractivity contribution in [3.63, 3.8) is 0 Å². The van der Waals surface area contributed by atoms with Crippen molar-refractivity contribution < 1.29 is 4.79 Å². The number of carbonyl (C=O) groups is 1. The van der Waals surface area contributed by atoms with Crippen LogP contribution >= 0.6 is 15.9 Å². The molecule has 8 nitrogen and oxygen atoms in total. The first-order chi connectivity index (χ1) is 11.2. The Morgan fingerprint density at radius 2 is 1.92 bits per heavy atom. The van der Waals surface area contributed by atoms with Crippen molar-refractivity contribution in [1.82, 2.24) is 24.1 Å².